The van der Waals surface area contributed by atoms with E-state index in [9.17, 15) is 9.59 Å². The van der Waals surface area contributed by atoms with Gasteiger partial charge in [0.15, 0.2) is 0 Å². The number of H-pyrrole nitrogens is 1. The normalized spacial score (nSPS) is 19.9. The Morgan fingerprint density at radius 1 is 1.20 bits per heavy atom. The van der Waals surface area contributed by atoms with Crippen molar-refractivity contribution in [2.24, 2.45) is 0 Å². The van der Waals surface area contributed by atoms with Crippen LogP contribution in [0.5, 0.6) is 11.8 Å². The van der Waals surface area contributed by atoms with E-state index in [1.165, 1.54) is 25.4 Å². The van der Waals surface area contributed by atoms with Crippen LogP contribution in [-0.4, -0.2) is 45.3 Å². The molecule has 3 rings (SSSR count). The van der Waals surface area contributed by atoms with Crippen LogP contribution in [0.3, 0.4) is 0 Å². The van der Waals surface area contributed by atoms with Gasteiger partial charge in [-0.05, 0) is 31.7 Å². The van der Waals surface area contributed by atoms with E-state index in [1.54, 1.807) is 6.20 Å². The molecule has 1 amide bonds. The molecule has 1 fully saturated rings. The maximum absolute atomic E-state index is 12.1. The fourth-order valence-electron chi connectivity index (χ4n) is 2.71. The van der Waals surface area contributed by atoms with E-state index in [-0.39, 0.29) is 29.3 Å². The minimum atomic E-state index is -0.338. The van der Waals surface area contributed by atoms with Crippen LogP contribution in [-0.2, 0) is 0 Å². The monoisotopic (exact) mass is 345 g/mol. The SMILES string of the molecule is COc1cncc(OC2CCC(NC(=O)c3ccc(=O)[nH]n3)CC2)n1. The molecule has 0 saturated heterocycles. The predicted molar refractivity (Wildman–Crippen MR) is 87.6 cm³/mol. The molecule has 25 heavy (non-hydrogen) atoms. The van der Waals surface area contributed by atoms with Gasteiger partial charge in [-0.15, -0.1) is 0 Å². The van der Waals surface area contributed by atoms with Crippen LogP contribution in [0.15, 0.2) is 29.3 Å². The molecule has 1 aliphatic rings. The lowest BCUT2D eigenvalue weighted by atomic mass is 9.93. The number of methoxy groups -OCH3 is 1. The molecule has 0 atom stereocenters. The number of hydrogen-bond acceptors (Lipinski definition) is 7. The minimum absolute atomic E-state index is 0.0285. The van der Waals surface area contributed by atoms with E-state index >= 15 is 0 Å². The third kappa shape index (κ3) is 4.52. The molecule has 0 unspecified atom stereocenters. The number of aromatic nitrogens is 4. The summed E-state index contributed by atoms with van der Waals surface area (Å²) in [5.41, 5.74) is -0.139. The Balaban J connectivity index is 1.49. The minimum Gasteiger partial charge on any atom is -0.480 e. The Morgan fingerprint density at radius 3 is 2.64 bits per heavy atom. The van der Waals surface area contributed by atoms with Gasteiger partial charge in [0.05, 0.1) is 19.5 Å². The van der Waals surface area contributed by atoms with E-state index in [0.29, 0.717) is 11.8 Å². The highest BCUT2D eigenvalue weighted by Crippen LogP contribution is 2.23. The predicted octanol–water partition coefficient (Wildman–Crippen LogP) is 0.688. The van der Waals surface area contributed by atoms with Crippen molar-refractivity contribution in [1.29, 1.82) is 0 Å². The van der Waals surface area contributed by atoms with Crippen molar-refractivity contribution in [2.75, 3.05) is 7.11 Å². The third-order valence-electron chi connectivity index (χ3n) is 4.01. The van der Waals surface area contributed by atoms with Crippen LogP contribution in [0.2, 0.25) is 0 Å². The fourth-order valence-corrected chi connectivity index (χ4v) is 2.71. The number of rotatable bonds is 5. The topological polar surface area (TPSA) is 119 Å². The molecule has 9 nitrogen and oxygen atoms in total. The van der Waals surface area contributed by atoms with Crippen molar-refractivity contribution < 1.29 is 14.3 Å². The maximum atomic E-state index is 12.1. The Kier molecular flexibility index (Phi) is 5.22. The molecule has 1 saturated carbocycles. The zero-order chi connectivity index (χ0) is 17.6. The molecule has 2 aromatic heterocycles. The van der Waals surface area contributed by atoms with Crippen LogP contribution in [0.25, 0.3) is 0 Å². The molecule has 0 aliphatic heterocycles. The highest BCUT2D eigenvalue weighted by atomic mass is 16.5. The van der Waals surface area contributed by atoms with Crippen molar-refractivity contribution in [2.45, 2.75) is 37.8 Å². The van der Waals surface area contributed by atoms with E-state index in [2.05, 4.69) is 25.5 Å². The lowest BCUT2D eigenvalue weighted by molar-refractivity contribution is 0.0883. The van der Waals surface area contributed by atoms with Crippen molar-refractivity contribution in [3.63, 3.8) is 0 Å². The molecule has 0 bridgehead atoms. The van der Waals surface area contributed by atoms with Crippen LogP contribution >= 0.6 is 0 Å². The van der Waals surface area contributed by atoms with Crippen LogP contribution < -0.4 is 20.3 Å². The highest BCUT2D eigenvalue weighted by Gasteiger charge is 2.24. The van der Waals surface area contributed by atoms with Crippen molar-refractivity contribution >= 4 is 5.91 Å². The number of hydrogen-bond donors (Lipinski definition) is 2. The van der Waals surface area contributed by atoms with Gasteiger partial charge >= 0.3 is 0 Å². The van der Waals surface area contributed by atoms with E-state index in [4.69, 9.17) is 9.47 Å². The molecule has 1 aliphatic carbocycles. The van der Waals surface area contributed by atoms with Gasteiger partial charge in [0.2, 0.25) is 11.8 Å². The van der Waals surface area contributed by atoms with Gasteiger partial charge in [-0.1, -0.05) is 0 Å². The molecule has 2 N–H and O–H groups in total. The van der Waals surface area contributed by atoms with Gasteiger partial charge in [0.25, 0.3) is 11.5 Å². The van der Waals surface area contributed by atoms with Crippen molar-refractivity contribution in [3.05, 3.63) is 40.6 Å². The van der Waals surface area contributed by atoms with Gasteiger partial charge in [0.1, 0.15) is 11.8 Å². The number of ether oxygens (including phenoxy) is 2. The summed E-state index contributed by atoms with van der Waals surface area (Å²) in [5.74, 6) is 0.551. The average molecular weight is 345 g/mol. The van der Waals surface area contributed by atoms with Gasteiger partial charge in [-0.2, -0.15) is 10.1 Å². The molecule has 9 heteroatoms. The summed E-state index contributed by atoms with van der Waals surface area (Å²) < 4.78 is 10.9. The summed E-state index contributed by atoms with van der Waals surface area (Å²) in [6.45, 7) is 0. The second-order valence-corrected chi connectivity index (χ2v) is 5.77. The van der Waals surface area contributed by atoms with E-state index < -0.39 is 0 Å². The quantitative estimate of drug-likeness (QED) is 0.818. The Hall–Kier alpha value is -2.97. The first-order valence-electron chi connectivity index (χ1n) is 8.03. The molecule has 2 heterocycles. The molecule has 2 aromatic rings. The molecular formula is C16H19N5O4. The van der Waals surface area contributed by atoms with Crippen LogP contribution in [0, 0.1) is 0 Å². The second kappa shape index (κ2) is 7.73. The first-order chi connectivity index (χ1) is 12.1. The number of carbonyl (C=O) groups excluding carboxylic acids is 1. The van der Waals surface area contributed by atoms with Gasteiger partial charge in [-0.25, -0.2) is 5.10 Å². The third-order valence-corrected chi connectivity index (χ3v) is 4.01. The lowest BCUT2D eigenvalue weighted by Gasteiger charge is -2.29. The standard InChI is InChI=1S/C16H19N5O4/c1-24-14-8-17-9-15(19-14)25-11-4-2-10(3-5-11)18-16(23)12-6-7-13(22)21-20-12/h6-11H,2-5H2,1H3,(H,18,23)(H,21,22). The number of nitrogens with one attached hydrogen (secondary N) is 2. The Morgan fingerprint density at radius 2 is 1.96 bits per heavy atom. The number of carbonyl (C=O) groups is 1. The molecule has 0 spiro atoms. The number of nitrogens with zero attached hydrogens (tertiary/aromatic N) is 3. The van der Waals surface area contributed by atoms with Crippen LogP contribution in [0.4, 0.5) is 0 Å². The first kappa shape index (κ1) is 16.9. The van der Waals surface area contributed by atoms with Gasteiger partial charge < -0.3 is 14.8 Å². The Labute approximate surface area is 143 Å². The molecule has 132 valence electrons. The van der Waals surface area contributed by atoms with E-state index in [1.807, 2.05) is 0 Å². The summed E-state index contributed by atoms with van der Waals surface area (Å²) >= 11 is 0. The van der Waals surface area contributed by atoms with Gasteiger partial charge in [-0.3, -0.25) is 14.6 Å². The van der Waals surface area contributed by atoms with Crippen molar-refractivity contribution in [3.8, 4) is 11.8 Å². The van der Waals surface area contributed by atoms with Crippen molar-refractivity contribution in [1.82, 2.24) is 25.5 Å². The average Bonchev–Trinajstić information content (AvgIpc) is 2.64. The zero-order valence-electron chi connectivity index (χ0n) is 13.8. The second-order valence-electron chi connectivity index (χ2n) is 5.77. The zero-order valence-corrected chi connectivity index (χ0v) is 13.8. The first-order valence-corrected chi connectivity index (χ1v) is 8.03. The highest BCUT2D eigenvalue weighted by molar-refractivity contribution is 5.92. The lowest BCUT2D eigenvalue weighted by Crippen LogP contribution is -2.40. The summed E-state index contributed by atoms with van der Waals surface area (Å²) in [6.07, 6.45) is 6.27. The molecule has 0 aromatic carbocycles. The summed E-state index contributed by atoms with van der Waals surface area (Å²) in [5, 5.41) is 8.91. The summed E-state index contributed by atoms with van der Waals surface area (Å²) in [4.78, 5) is 31.3. The largest absolute Gasteiger partial charge is 0.480 e. The summed E-state index contributed by atoms with van der Waals surface area (Å²) in [6, 6.07) is 2.74. The van der Waals surface area contributed by atoms with Gasteiger partial charge in [0, 0.05) is 12.1 Å². The van der Waals surface area contributed by atoms with Crippen LogP contribution in [0.1, 0.15) is 36.2 Å². The number of amides is 1. The fraction of sp³-hybridized carbons (Fsp3) is 0.438. The molecular weight excluding hydrogens is 326 g/mol. The molecule has 0 radical (unpaired) electrons. The Bertz CT molecular complexity index is 766. The van der Waals surface area contributed by atoms with E-state index in [0.717, 1.165) is 25.7 Å². The number of aromatic amines is 1. The smallest absolute Gasteiger partial charge is 0.271 e. The summed E-state index contributed by atoms with van der Waals surface area (Å²) in [7, 11) is 1.53. The maximum Gasteiger partial charge on any atom is 0.271 e.